The number of H-pyrrole nitrogens is 2. The average Bonchev–Trinajstić information content (AvgIpc) is 2.47. The molecule has 84 heavy (non-hydrogen) atoms. The van der Waals surface area contributed by atoms with E-state index in [-0.39, 0.29) is 70.0 Å². The molecule has 3 saturated heterocycles. The summed E-state index contributed by atoms with van der Waals surface area (Å²) >= 11 is 0. The molecule has 6 aromatic heterocycles. The van der Waals surface area contributed by atoms with Gasteiger partial charge in [0.1, 0.15) is 54.2 Å². The van der Waals surface area contributed by atoms with Gasteiger partial charge in [-0.3, -0.25) is 46.8 Å². The van der Waals surface area contributed by atoms with Gasteiger partial charge in [-0.25, -0.2) is 42.8 Å². The monoisotopic (exact) mass is 1260 g/mol. The first-order valence-electron chi connectivity index (χ1n) is 24.6. The van der Waals surface area contributed by atoms with Gasteiger partial charge in [0, 0.05) is 26.7 Å². The molecule has 3 aliphatic rings. The molecule has 0 radical (unpaired) electrons. The molecule has 3 fully saturated rings. The van der Waals surface area contributed by atoms with Crippen LogP contribution >= 0.6 is 31.3 Å². The zero-order chi connectivity index (χ0) is 60.2. The molecule has 5 unspecified atom stereocenters. The van der Waals surface area contributed by atoms with Crippen LogP contribution < -0.4 is 37.6 Å². The Morgan fingerprint density at radius 1 is 0.655 bits per heavy atom. The molecular formula is C41H54N15O24P4+. The number of aromatic nitrogens is 12. The lowest BCUT2D eigenvalue weighted by Crippen LogP contribution is -2.39. The van der Waals surface area contributed by atoms with Crippen LogP contribution in [-0.4, -0.2) is 173 Å². The fourth-order valence-corrected chi connectivity index (χ4v) is 14.2. The quantitative estimate of drug-likeness (QED) is 0.0247. The topological polar surface area (TPSA) is 540 Å². The van der Waals surface area contributed by atoms with Gasteiger partial charge in [-0.2, -0.15) is 23.2 Å². The SMILES string of the molecule is COCC[C@H]1[C@@H](O)[C@H](n2c[n+](C)c3c(=O)[nH]c(N)nc32)O[C@@H]1COP(=O)(O)OP(=O)(O)OP(=O)(O)OCC1O[C@@H](n2cnc3c(N)ncnc32)[C@H](OC)[C@@H]1OP(=O)(O)OC[C@H]1O[C@@H](n2cnc3c(=O)[nH]c(N)nc32)[C@H](Oc2ccccc2)[C@@H]1O. The number of fused-ring (bicyclic) bond motifs is 3. The number of aryl methyl sites for hydroxylation is 1. The summed E-state index contributed by atoms with van der Waals surface area (Å²) in [5, 5.41) is 23.1. The lowest BCUT2D eigenvalue weighted by molar-refractivity contribution is -0.646. The molecule has 16 atom stereocenters. The van der Waals surface area contributed by atoms with Crippen LogP contribution in [0.4, 0.5) is 17.7 Å². The van der Waals surface area contributed by atoms with Crippen LogP contribution in [0.5, 0.6) is 5.75 Å². The fraction of sp³-hybridized carbons (Fsp3) is 0.488. The van der Waals surface area contributed by atoms with Gasteiger partial charge in [-0.05, 0) is 18.6 Å². The molecule has 456 valence electrons. The number of hydrogen-bond donors (Lipinski definition) is 11. The lowest BCUT2D eigenvalue weighted by Gasteiger charge is -2.26. The molecule has 10 rings (SSSR count). The van der Waals surface area contributed by atoms with Gasteiger partial charge in [0.2, 0.25) is 24.5 Å². The second-order valence-corrected chi connectivity index (χ2v) is 24.9. The highest BCUT2D eigenvalue weighted by atomic mass is 31.3. The van der Waals surface area contributed by atoms with Gasteiger partial charge in [-0.1, -0.05) is 18.2 Å². The van der Waals surface area contributed by atoms with Crippen LogP contribution in [0, 0.1) is 5.92 Å². The van der Waals surface area contributed by atoms with E-state index in [1.807, 2.05) is 0 Å². The number of rotatable bonds is 24. The molecule has 0 bridgehead atoms. The van der Waals surface area contributed by atoms with Crippen molar-refractivity contribution in [2.45, 2.75) is 73.9 Å². The van der Waals surface area contributed by atoms with Crippen molar-refractivity contribution in [3.63, 3.8) is 0 Å². The van der Waals surface area contributed by atoms with E-state index in [1.54, 1.807) is 30.3 Å². The van der Waals surface area contributed by atoms with Crippen molar-refractivity contribution in [1.82, 2.24) is 53.6 Å². The molecular weight excluding hydrogens is 1210 g/mol. The number of benzene rings is 1. The largest absolute Gasteiger partial charge is 0.490 e. The summed E-state index contributed by atoms with van der Waals surface area (Å²) in [6.07, 6.45) is -11.7. The zero-order valence-corrected chi connectivity index (χ0v) is 47.3. The third-order valence-electron chi connectivity index (χ3n) is 13.4. The van der Waals surface area contributed by atoms with E-state index < -0.39 is 136 Å². The predicted molar refractivity (Wildman–Crippen MR) is 278 cm³/mol. The molecule has 14 N–H and O–H groups in total. The van der Waals surface area contributed by atoms with Crippen molar-refractivity contribution in [3.8, 4) is 5.75 Å². The first-order chi connectivity index (χ1) is 39.8. The van der Waals surface area contributed by atoms with Crippen molar-refractivity contribution in [3.05, 3.63) is 76.3 Å². The number of hydrogen-bond acceptors (Lipinski definition) is 29. The molecule has 7 aromatic rings. The van der Waals surface area contributed by atoms with Crippen LogP contribution in [0.1, 0.15) is 25.1 Å². The third-order valence-corrected chi connectivity index (χ3v) is 18.6. The van der Waals surface area contributed by atoms with Crippen molar-refractivity contribution in [2.75, 3.05) is 57.8 Å². The Morgan fingerprint density at radius 2 is 1.24 bits per heavy atom. The van der Waals surface area contributed by atoms with Gasteiger partial charge in [0.25, 0.3) is 16.7 Å². The minimum atomic E-state index is -6.19. The summed E-state index contributed by atoms with van der Waals surface area (Å²) in [7, 11) is -19.4. The minimum Gasteiger partial charge on any atom is -0.483 e. The summed E-state index contributed by atoms with van der Waals surface area (Å²) in [5.41, 5.74) is 16.2. The summed E-state index contributed by atoms with van der Waals surface area (Å²) in [6, 6.07) is 8.14. The van der Waals surface area contributed by atoms with Gasteiger partial charge in [0.15, 0.2) is 41.2 Å². The van der Waals surface area contributed by atoms with Gasteiger partial charge >= 0.3 is 36.9 Å². The molecule has 0 amide bonds. The Kier molecular flexibility index (Phi) is 17.4. The number of ether oxygens (including phenoxy) is 6. The molecule has 1 aromatic carbocycles. The summed E-state index contributed by atoms with van der Waals surface area (Å²) in [6.45, 7) is -3.07. The first kappa shape index (κ1) is 61.0. The smallest absolute Gasteiger partial charge is 0.483 e. The van der Waals surface area contributed by atoms with Crippen molar-refractivity contribution >= 4 is 82.5 Å². The highest BCUT2D eigenvalue weighted by molar-refractivity contribution is 7.66. The maximum Gasteiger partial charge on any atom is 0.490 e. The highest BCUT2D eigenvalue weighted by Crippen LogP contribution is 2.68. The van der Waals surface area contributed by atoms with E-state index in [1.165, 1.54) is 51.4 Å². The maximum atomic E-state index is 14.0. The van der Waals surface area contributed by atoms with Crippen LogP contribution in [-0.2, 0) is 75.7 Å². The van der Waals surface area contributed by atoms with E-state index in [0.29, 0.717) is 0 Å². The van der Waals surface area contributed by atoms with Gasteiger partial charge < -0.3 is 75.4 Å². The number of nitrogens with one attached hydrogen (secondary N) is 2. The molecule has 0 spiro atoms. The number of nitrogen functional groups attached to an aromatic ring is 3. The number of nitrogens with zero attached hydrogens (tertiary/aromatic N) is 10. The average molecular weight is 1260 g/mol. The molecule has 0 aliphatic carbocycles. The molecule has 3 aliphatic heterocycles. The van der Waals surface area contributed by atoms with E-state index in [0.717, 1.165) is 13.4 Å². The van der Waals surface area contributed by atoms with Gasteiger partial charge in [0.05, 0.1) is 45.6 Å². The number of phosphoric acid groups is 4. The van der Waals surface area contributed by atoms with E-state index >= 15 is 0 Å². The number of phosphoric ester groups is 3. The number of methoxy groups -OCH3 is 2. The Morgan fingerprint density at radius 3 is 1.92 bits per heavy atom. The zero-order valence-electron chi connectivity index (χ0n) is 43.7. The summed E-state index contributed by atoms with van der Waals surface area (Å²) in [4.78, 5) is 98.0. The molecule has 9 heterocycles. The van der Waals surface area contributed by atoms with Crippen molar-refractivity contribution in [2.24, 2.45) is 13.0 Å². The predicted octanol–water partition coefficient (Wildman–Crippen LogP) is -1.33. The minimum absolute atomic E-state index is 0.00463. The number of aliphatic hydroxyl groups excluding tert-OH is 2. The van der Waals surface area contributed by atoms with Crippen LogP contribution in [0.3, 0.4) is 0 Å². The number of anilines is 3. The van der Waals surface area contributed by atoms with Crippen LogP contribution in [0.15, 0.2) is 65.2 Å². The first-order valence-corrected chi connectivity index (χ1v) is 30.6. The Labute approximate surface area is 469 Å². The molecule has 43 heteroatoms. The van der Waals surface area contributed by atoms with E-state index in [2.05, 4.69) is 48.5 Å². The van der Waals surface area contributed by atoms with Gasteiger partial charge in [-0.15, -0.1) is 0 Å². The second kappa shape index (κ2) is 24.0. The second-order valence-electron chi connectivity index (χ2n) is 18.8. The number of aromatic amines is 2. The van der Waals surface area contributed by atoms with Crippen molar-refractivity contribution < 1.29 is 108 Å². The fourth-order valence-electron chi connectivity index (χ4n) is 9.75. The van der Waals surface area contributed by atoms with Crippen LogP contribution in [0.2, 0.25) is 0 Å². The number of imidazole rings is 3. The summed E-state index contributed by atoms with van der Waals surface area (Å²) in [5.74, 6) is -1.29. The number of nitrogens with two attached hydrogens (primary N) is 3. The van der Waals surface area contributed by atoms with Crippen molar-refractivity contribution in [1.29, 1.82) is 0 Å². The Hall–Kier alpha value is -6.09. The Balaban J connectivity index is 0.830. The van der Waals surface area contributed by atoms with E-state index in [9.17, 15) is 57.6 Å². The highest BCUT2D eigenvalue weighted by Gasteiger charge is 2.54. The normalized spacial score (nSPS) is 28.4. The summed E-state index contributed by atoms with van der Waals surface area (Å²) < 4.78 is 124. The van der Waals surface area contributed by atoms with Crippen LogP contribution in [0.25, 0.3) is 33.5 Å². The number of para-hydroxylation sites is 1. The Bertz CT molecular complexity index is 3870. The molecule has 0 saturated carbocycles. The standard InChI is InChI=1S/C41H53N15O24P4/c1-53-17-56(34-25(53)36(60)52-41(44)50-34)37-26(57)19(9-10-69-2)20(75-37)11-72-82(63,64)79-84(67,68)80-83(65,66)73-13-22-28(30(70-3)39(77-22)54-15-47-23-31(42)45-14-46-32(23)54)78-81(61,62)71-12-21-27(58)29(74-18-7-5-4-6-8-18)38(76-21)55-16-48-24-33(55)49-40(43)51-35(24)59/h4-8,14-17,19-22,26-30,37-39,57-58H,9-13H2,1-3H3,(H11-,42,43,44,45,46,49,50,51,52,59,60,61,62,63,64,65,66,67,68)/p+1/t19-,20-,21-,22?,26-,27-,28-,29-,30-,37-,38-,39-/m1/s1. The lowest BCUT2D eigenvalue weighted by atomic mass is 9.95. The third kappa shape index (κ3) is 12.7. The van der Waals surface area contributed by atoms with E-state index in [4.69, 9.17) is 63.7 Å². The maximum absolute atomic E-state index is 14.0. The number of aliphatic hydroxyl groups is 2. The molecule has 39 nitrogen and oxygen atoms in total.